The van der Waals surface area contributed by atoms with Crippen molar-refractivity contribution < 1.29 is 9.18 Å². The van der Waals surface area contributed by atoms with E-state index in [1.807, 2.05) is 31.2 Å². The Morgan fingerprint density at radius 1 is 1.27 bits per heavy atom. The summed E-state index contributed by atoms with van der Waals surface area (Å²) in [6, 6.07) is 14.0. The number of amides is 1. The van der Waals surface area contributed by atoms with E-state index >= 15 is 0 Å². The van der Waals surface area contributed by atoms with E-state index in [1.54, 1.807) is 24.4 Å². The molecule has 2 aromatic carbocycles. The minimum Gasteiger partial charge on any atom is -0.303 e. The summed E-state index contributed by atoms with van der Waals surface area (Å²) in [6.45, 7) is 2.13. The van der Waals surface area contributed by atoms with Gasteiger partial charge in [-0.15, -0.1) is 0 Å². The van der Waals surface area contributed by atoms with Crippen LogP contribution in [0.25, 0.3) is 11.3 Å². The maximum atomic E-state index is 14.0. The van der Waals surface area contributed by atoms with Crippen LogP contribution in [-0.2, 0) is 6.54 Å². The van der Waals surface area contributed by atoms with Gasteiger partial charge in [0.1, 0.15) is 11.5 Å². The van der Waals surface area contributed by atoms with E-state index in [0.29, 0.717) is 32.3 Å². The molecule has 0 bridgehead atoms. The molecule has 2 heterocycles. The zero-order chi connectivity index (χ0) is 21.3. The van der Waals surface area contributed by atoms with E-state index in [-0.39, 0.29) is 6.54 Å². The van der Waals surface area contributed by atoms with Crippen molar-refractivity contribution >= 4 is 39.3 Å². The van der Waals surface area contributed by atoms with Crippen LogP contribution >= 0.6 is 27.5 Å². The summed E-state index contributed by atoms with van der Waals surface area (Å²) in [6.07, 6.45) is 1.64. The minimum atomic E-state index is -0.416. The van der Waals surface area contributed by atoms with Crippen molar-refractivity contribution in [3.8, 4) is 11.3 Å². The Hall–Kier alpha value is -2.97. The van der Waals surface area contributed by atoms with Gasteiger partial charge in [-0.05, 0) is 41.1 Å². The van der Waals surface area contributed by atoms with E-state index in [2.05, 4.69) is 36.5 Å². The number of aromatic amines is 1. The van der Waals surface area contributed by atoms with Crippen molar-refractivity contribution in [2.75, 3.05) is 5.32 Å². The molecule has 0 aliphatic heterocycles. The van der Waals surface area contributed by atoms with Crippen LogP contribution in [0.1, 0.15) is 21.6 Å². The van der Waals surface area contributed by atoms with Crippen LogP contribution in [0.15, 0.2) is 59.2 Å². The van der Waals surface area contributed by atoms with Crippen LogP contribution in [0.5, 0.6) is 0 Å². The Bertz CT molecular complexity index is 1200. The van der Waals surface area contributed by atoms with E-state index in [1.165, 1.54) is 10.7 Å². The first kappa shape index (κ1) is 20.3. The number of aromatic nitrogens is 4. The quantitative estimate of drug-likeness (QED) is 0.393. The zero-order valence-electron chi connectivity index (χ0n) is 15.8. The minimum absolute atomic E-state index is 0.127. The molecule has 4 rings (SSSR count). The molecule has 2 N–H and O–H groups in total. The molecule has 0 aliphatic rings. The Kier molecular flexibility index (Phi) is 5.69. The van der Waals surface area contributed by atoms with Gasteiger partial charge < -0.3 is 5.32 Å². The van der Waals surface area contributed by atoms with E-state index in [0.717, 1.165) is 11.1 Å². The number of carbonyl (C=O) groups excluding carboxylic acids is 1. The number of carbonyl (C=O) groups is 1. The molecular weight excluding hydrogens is 473 g/mol. The van der Waals surface area contributed by atoms with Crippen LogP contribution in [0, 0.1) is 12.7 Å². The van der Waals surface area contributed by atoms with Gasteiger partial charge in [0.05, 0.1) is 16.7 Å². The molecule has 0 spiro atoms. The second-order valence-electron chi connectivity index (χ2n) is 6.71. The fourth-order valence-corrected chi connectivity index (χ4v) is 3.53. The molecule has 30 heavy (non-hydrogen) atoms. The molecule has 4 aromatic rings. The molecule has 0 saturated heterocycles. The van der Waals surface area contributed by atoms with Gasteiger partial charge in [-0.3, -0.25) is 14.6 Å². The maximum absolute atomic E-state index is 14.0. The number of nitrogens with zero attached hydrogens (tertiary/aromatic N) is 3. The molecule has 6 nitrogen and oxygen atoms in total. The fourth-order valence-electron chi connectivity index (χ4n) is 2.89. The van der Waals surface area contributed by atoms with Gasteiger partial charge in [-0.25, -0.2) is 4.39 Å². The molecule has 0 fully saturated rings. The SMILES string of the molecule is Cc1ccc(-c2cc(C(=O)Nc3nn(Cc4c(F)cccc4Cl)cc3Br)[nH]n2)cc1. The lowest BCUT2D eigenvalue weighted by molar-refractivity contribution is 0.102. The van der Waals surface area contributed by atoms with Crippen molar-refractivity contribution in [2.24, 2.45) is 0 Å². The third kappa shape index (κ3) is 4.29. The van der Waals surface area contributed by atoms with Gasteiger partial charge in [0.15, 0.2) is 5.82 Å². The number of hydrogen-bond donors (Lipinski definition) is 2. The predicted octanol–water partition coefficient (Wildman–Crippen LogP) is 5.44. The van der Waals surface area contributed by atoms with E-state index in [4.69, 9.17) is 11.6 Å². The normalized spacial score (nSPS) is 10.9. The summed E-state index contributed by atoms with van der Waals surface area (Å²) in [7, 11) is 0. The Labute approximate surface area is 185 Å². The highest BCUT2D eigenvalue weighted by Crippen LogP contribution is 2.25. The van der Waals surface area contributed by atoms with Crippen molar-refractivity contribution in [3.05, 3.63) is 86.9 Å². The third-order valence-corrected chi connectivity index (χ3v) is 5.44. The summed E-state index contributed by atoms with van der Waals surface area (Å²) in [5.41, 5.74) is 3.33. The van der Waals surface area contributed by atoms with Crippen LogP contribution in [0.3, 0.4) is 0 Å². The molecular formula is C21H16BrClFN5O. The standard InChI is InChI=1S/C21H16BrClFN5O/c1-12-5-7-13(8-6-12)18-9-19(27-26-18)21(30)25-20-15(22)11-29(28-20)10-14-16(23)3-2-4-17(14)24/h2-9,11H,10H2,1H3,(H,26,27)(H,25,28,30). The fraction of sp³-hybridized carbons (Fsp3) is 0.0952. The van der Waals surface area contributed by atoms with Crippen molar-refractivity contribution in [1.82, 2.24) is 20.0 Å². The van der Waals surface area contributed by atoms with E-state index in [9.17, 15) is 9.18 Å². The average molecular weight is 489 g/mol. The van der Waals surface area contributed by atoms with Gasteiger partial charge in [-0.2, -0.15) is 10.2 Å². The number of benzene rings is 2. The highest BCUT2D eigenvalue weighted by atomic mass is 79.9. The van der Waals surface area contributed by atoms with E-state index < -0.39 is 11.7 Å². The second kappa shape index (κ2) is 8.41. The number of hydrogen-bond acceptors (Lipinski definition) is 3. The molecule has 1 amide bonds. The largest absolute Gasteiger partial charge is 0.303 e. The Balaban J connectivity index is 1.50. The van der Waals surface area contributed by atoms with Gasteiger partial charge in [-0.1, -0.05) is 47.5 Å². The number of nitrogens with one attached hydrogen (secondary N) is 2. The van der Waals surface area contributed by atoms with Crippen LogP contribution < -0.4 is 5.32 Å². The molecule has 0 aliphatic carbocycles. The summed E-state index contributed by atoms with van der Waals surface area (Å²) < 4.78 is 16.1. The van der Waals surface area contributed by atoms with Crippen molar-refractivity contribution in [3.63, 3.8) is 0 Å². The smallest absolute Gasteiger partial charge is 0.274 e. The highest BCUT2D eigenvalue weighted by molar-refractivity contribution is 9.10. The highest BCUT2D eigenvalue weighted by Gasteiger charge is 2.16. The first-order chi connectivity index (χ1) is 14.4. The molecule has 0 atom stereocenters. The Morgan fingerprint density at radius 2 is 2.03 bits per heavy atom. The predicted molar refractivity (Wildman–Crippen MR) is 117 cm³/mol. The number of halogens is 3. The first-order valence-corrected chi connectivity index (χ1v) is 10.2. The summed E-state index contributed by atoms with van der Waals surface area (Å²) in [5.74, 6) is -0.504. The molecule has 2 aromatic heterocycles. The van der Waals surface area contributed by atoms with Crippen molar-refractivity contribution in [1.29, 1.82) is 0 Å². The second-order valence-corrected chi connectivity index (χ2v) is 7.97. The van der Waals surface area contributed by atoms with Gasteiger partial charge in [0.25, 0.3) is 5.91 Å². The summed E-state index contributed by atoms with van der Waals surface area (Å²) in [4.78, 5) is 12.6. The summed E-state index contributed by atoms with van der Waals surface area (Å²) in [5, 5.41) is 14.3. The number of aryl methyl sites for hydroxylation is 1. The lowest BCUT2D eigenvalue weighted by Crippen LogP contribution is -2.13. The third-order valence-electron chi connectivity index (χ3n) is 4.50. The van der Waals surface area contributed by atoms with Gasteiger partial charge in [0, 0.05) is 22.3 Å². The number of anilines is 1. The van der Waals surface area contributed by atoms with Gasteiger partial charge >= 0.3 is 0 Å². The topological polar surface area (TPSA) is 75.6 Å². The van der Waals surface area contributed by atoms with Crippen LogP contribution in [0.2, 0.25) is 5.02 Å². The Morgan fingerprint density at radius 3 is 2.77 bits per heavy atom. The molecule has 0 radical (unpaired) electrons. The number of H-pyrrole nitrogens is 1. The average Bonchev–Trinajstić information content (AvgIpc) is 3.33. The lowest BCUT2D eigenvalue weighted by atomic mass is 10.1. The molecule has 152 valence electrons. The summed E-state index contributed by atoms with van der Waals surface area (Å²) >= 11 is 9.44. The molecule has 9 heteroatoms. The molecule has 0 saturated carbocycles. The van der Waals surface area contributed by atoms with Gasteiger partial charge in [0.2, 0.25) is 0 Å². The molecule has 0 unspecified atom stereocenters. The number of rotatable bonds is 5. The van der Waals surface area contributed by atoms with Crippen LogP contribution in [0.4, 0.5) is 10.2 Å². The lowest BCUT2D eigenvalue weighted by Gasteiger charge is -2.05. The zero-order valence-corrected chi connectivity index (χ0v) is 18.1. The monoisotopic (exact) mass is 487 g/mol. The first-order valence-electron chi connectivity index (χ1n) is 9.00. The van der Waals surface area contributed by atoms with Crippen molar-refractivity contribution in [2.45, 2.75) is 13.5 Å². The van der Waals surface area contributed by atoms with Crippen LogP contribution in [-0.4, -0.2) is 25.9 Å². The maximum Gasteiger partial charge on any atom is 0.274 e.